The molecule has 0 unspecified atom stereocenters. The Labute approximate surface area is 170 Å². The number of benzene rings is 2. The number of hydrogen-bond acceptors (Lipinski definition) is 5. The monoisotopic (exact) mass is 397 g/mol. The van der Waals surface area contributed by atoms with Crippen LogP contribution in [0.15, 0.2) is 48.5 Å². The third kappa shape index (κ3) is 6.22. The van der Waals surface area contributed by atoms with Crippen LogP contribution < -0.4 is 20.5 Å². The lowest BCUT2D eigenvalue weighted by molar-refractivity contribution is -0.125. The number of carbonyl (C=O) groups is 2. The second-order valence-electron chi connectivity index (χ2n) is 7.06. The first-order valence-electron chi connectivity index (χ1n) is 9.86. The van der Waals surface area contributed by atoms with Crippen molar-refractivity contribution in [1.82, 2.24) is 4.90 Å². The summed E-state index contributed by atoms with van der Waals surface area (Å²) in [5, 5.41) is 2.88. The summed E-state index contributed by atoms with van der Waals surface area (Å²) >= 11 is 0. The molecule has 3 N–H and O–H groups in total. The van der Waals surface area contributed by atoms with E-state index in [0.717, 1.165) is 25.1 Å². The molecule has 0 aliphatic carbocycles. The first-order valence-corrected chi connectivity index (χ1v) is 9.86. The van der Waals surface area contributed by atoms with Crippen LogP contribution in [0.4, 0.5) is 5.69 Å². The number of piperidine rings is 1. The molecule has 29 heavy (non-hydrogen) atoms. The van der Waals surface area contributed by atoms with E-state index < -0.39 is 0 Å². The summed E-state index contributed by atoms with van der Waals surface area (Å²) in [7, 11) is 0. The van der Waals surface area contributed by atoms with Gasteiger partial charge in [-0.05, 0) is 74.8 Å². The van der Waals surface area contributed by atoms with Gasteiger partial charge in [-0.25, -0.2) is 0 Å². The van der Waals surface area contributed by atoms with E-state index >= 15 is 0 Å². The van der Waals surface area contributed by atoms with Gasteiger partial charge >= 0.3 is 0 Å². The fourth-order valence-electron chi connectivity index (χ4n) is 3.35. The summed E-state index contributed by atoms with van der Waals surface area (Å²) in [5.41, 5.74) is 6.08. The minimum Gasteiger partial charge on any atom is -0.494 e. The number of likely N-dealkylation sites (tertiary alicyclic amines) is 1. The molecule has 1 heterocycles. The molecular formula is C22H27N3O4. The van der Waals surface area contributed by atoms with E-state index in [4.69, 9.17) is 15.2 Å². The summed E-state index contributed by atoms with van der Waals surface area (Å²) in [6, 6.07) is 14.6. The molecule has 2 aromatic rings. The van der Waals surface area contributed by atoms with Crippen LogP contribution in [0.2, 0.25) is 0 Å². The van der Waals surface area contributed by atoms with Crippen molar-refractivity contribution in [1.29, 1.82) is 0 Å². The summed E-state index contributed by atoms with van der Waals surface area (Å²) < 4.78 is 11.2. The standard InChI is InChI=1S/C22H27N3O4/c1-2-28-18-9-11-20(12-10-18)29-19-7-5-17(6-8-19)24-21(26)15-25-13-3-4-16(14-25)22(23)27/h5-12,16H,2-4,13-15H2,1H3,(H2,23,27)(H,24,26)/t16-/m0/s1. The molecule has 1 atom stereocenters. The van der Waals surface area contributed by atoms with E-state index in [0.29, 0.717) is 30.3 Å². The van der Waals surface area contributed by atoms with Crippen LogP contribution >= 0.6 is 0 Å². The molecule has 1 saturated heterocycles. The molecule has 7 nitrogen and oxygen atoms in total. The van der Waals surface area contributed by atoms with E-state index in [1.165, 1.54) is 0 Å². The number of nitrogens with one attached hydrogen (secondary N) is 1. The Hall–Kier alpha value is -3.06. The zero-order valence-corrected chi connectivity index (χ0v) is 16.6. The van der Waals surface area contributed by atoms with Gasteiger partial charge < -0.3 is 20.5 Å². The maximum absolute atomic E-state index is 12.3. The molecule has 2 amide bonds. The topological polar surface area (TPSA) is 93.9 Å². The Bertz CT molecular complexity index is 821. The van der Waals surface area contributed by atoms with Gasteiger partial charge in [0.2, 0.25) is 11.8 Å². The smallest absolute Gasteiger partial charge is 0.238 e. The van der Waals surface area contributed by atoms with Gasteiger partial charge in [0, 0.05) is 12.2 Å². The van der Waals surface area contributed by atoms with Crippen molar-refractivity contribution in [2.75, 3.05) is 31.6 Å². The molecule has 0 radical (unpaired) electrons. The number of primary amides is 1. The number of amides is 2. The molecule has 154 valence electrons. The maximum Gasteiger partial charge on any atom is 0.238 e. The summed E-state index contributed by atoms with van der Waals surface area (Å²) in [4.78, 5) is 25.6. The molecule has 0 aromatic heterocycles. The first kappa shape index (κ1) is 20.7. The number of hydrogen-bond donors (Lipinski definition) is 2. The van der Waals surface area contributed by atoms with Gasteiger partial charge in [-0.2, -0.15) is 0 Å². The summed E-state index contributed by atoms with van der Waals surface area (Å²) in [6.45, 7) is 4.14. The SMILES string of the molecule is CCOc1ccc(Oc2ccc(NC(=O)CN3CCC[C@H](C(N)=O)C3)cc2)cc1. The lowest BCUT2D eigenvalue weighted by atomic mass is 9.97. The van der Waals surface area contributed by atoms with Crippen LogP contribution in [-0.4, -0.2) is 43.0 Å². The first-order chi connectivity index (χ1) is 14.0. The van der Waals surface area contributed by atoms with E-state index in [9.17, 15) is 9.59 Å². The van der Waals surface area contributed by atoms with Gasteiger partial charge in [0.15, 0.2) is 0 Å². The Balaban J connectivity index is 1.49. The van der Waals surface area contributed by atoms with Gasteiger partial charge in [-0.3, -0.25) is 14.5 Å². The lowest BCUT2D eigenvalue weighted by Gasteiger charge is -2.30. The van der Waals surface area contributed by atoms with Crippen LogP contribution in [0.1, 0.15) is 19.8 Å². The molecule has 0 saturated carbocycles. The van der Waals surface area contributed by atoms with Crippen molar-refractivity contribution in [3.63, 3.8) is 0 Å². The number of rotatable bonds is 8. The van der Waals surface area contributed by atoms with Crippen LogP contribution in [0, 0.1) is 5.92 Å². The number of nitrogens with two attached hydrogens (primary N) is 1. The van der Waals surface area contributed by atoms with Crippen molar-refractivity contribution < 1.29 is 19.1 Å². The predicted octanol–water partition coefficient (Wildman–Crippen LogP) is 3.01. The van der Waals surface area contributed by atoms with Gasteiger partial charge in [0.05, 0.1) is 19.1 Å². The normalized spacial score (nSPS) is 16.8. The predicted molar refractivity (Wildman–Crippen MR) is 111 cm³/mol. The number of nitrogens with zero attached hydrogens (tertiary/aromatic N) is 1. The molecule has 3 rings (SSSR count). The zero-order valence-electron chi connectivity index (χ0n) is 16.6. The Morgan fingerprint density at radius 2 is 1.69 bits per heavy atom. The minimum atomic E-state index is -0.293. The van der Waals surface area contributed by atoms with Crippen LogP contribution in [-0.2, 0) is 9.59 Å². The van der Waals surface area contributed by atoms with Crippen LogP contribution in [0.25, 0.3) is 0 Å². The van der Waals surface area contributed by atoms with Gasteiger partial charge in [-0.15, -0.1) is 0 Å². The van der Waals surface area contributed by atoms with Crippen molar-refractivity contribution in [2.24, 2.45) is 11.7 Å². The highest BCUT2D eigenvalue weighted by atomic mass is 16.5. The maximum atomic E-state index is 12.3. The summed E-state index contributed by atoms with van der Waals surface area (Å²) in [5.74, 6) is 1.60. The highest BCUT2D eigenvalue weighted by Crippen LogP contribution is 2.25. The average Bonchev–Trinajstić information content (AvgIpc) is 2.71. The molecule has 0 spiro atoms. The van der Waals surface area contributed by atoms with Gasteiger partial charge in [0.25, 0.3) is 0 Å². The average molecular weight is 397 g/mol. The quantitative estimate of drug-likeness (QED) is 0.714. The fraction of sp³-hybridized carbons (Fsp3) is 0.364. The molecule has 1 aliphatic rings. The highest BCUT2D eigenvalue weighted by Gasteiger charge is 2.25. The molecule has 1 aliphatic heterocycles. The highest BCUT2D eigenvalue weighted by molar-refractivity contribution is 5.92. The second kappa shape index (κ2) is 9.93. The number of anilines is 1. The summed E-state index contributed by atoms with van der Waals surface area (Å²) in [6.07, 6.45) is 1.67. The molecule has 1 fully saturated rings. The number of ether oxygens (including phenoxy) is 2. The minimum absolute atomic E-state index is 0.115. The Morgan fingerprint density at radius 1 is 1.07 bits per heavy atom. The van der Waals surface area contributed by atoms with Crippen molar-refractivity contribution >= 4 is 17.5 Å². The van der Waals surface area contributed by atoms with Crippen molar-refractivity contribution in [3.05, 3.63) is 48.5 Å². The Morgan fingerprint density at radius 3 is 2.31 bits per heavy atom. The van der Waals surface area contributed by atoms with Crippen molar-refractivity contribution in [2.45, 2.75) is 19.8 Å². The third-order valence-electron chi connectivity index (χ3n) is 4.78. The van der Waals surface area contributed by atoms with Gasteiger partial charge in [-0.1, -0.05) is 0 Å². The fourth-order valence-corrected chi connectivity index (χ4v) is 3.35. The van der Waals surface area contributed by atoms with Crippen LogP contribution in [0.3, 0.4) is 0 Å². The molecule has 0 bridgehead atoms. The molecule has 7 heteroatoms. The van der Waals surface area contributed by atoms with Gasteiger partial charge in [0.1, 0.15) is 17.2 Å². The Kier molecular flexibility index (Phi) is 7.08. The second-order valence-corrected chi connectivity index (χ2v) is 7.06. The van der Waals surface area contributed by atoms with Crippen LogP contribution in [0.5, 0.6) is 17.2 Å². The number of carbonyl (C=O) groups excluding carboxylic acids is 2. The van der Waals surface area contributed by atoms with Crippen molar-refractivity contribution in [3.8, 4) is 17.2 Å². The van der Waals surface area contributed by atoms with E-state index in [2.05, 4.69) is 5.32 Å². The third-order valence-corrected chi connectivity index (χ3v) is 4.78. The zero-order chi connectivity index (χ0) is 20.6. The van der Waals surface area contributed by atoms with E-state index in [1.807, 2.05) is 36.1 Å². The van der Waals surface area contributed by atoms with E-state index in [-0.39, 0.29) is 24.3 Å². The lowest BCUT2D eigenvalue weighted by Crippen LogP contribution is -2.44. The molecular weight excluding hydrogens is 370 g/mol. The molecule has 2 aromatic carbocycles. The largest absolute Gasteiger partial charge is 0.494 e. The van der Waals surface area contributed by atoms with E-state index in [1.54, 1.807) is 24.3 Å².